The third-order valence-electron chi connectivity index (χ3n) is 7.22. The van der Waals surface area contributed by atoms with E-state index in [4.69, 9.17) is 9.47 Å². The van der Waals surface area contributed by atoms with Crippen molar-refractivity contribution in [3.63, 3.8) is 0 Å². The molecular weight excluding hydrogens is 430 g/mol. The summed E-state index contributed by atoms with van der Waals surface area (Å²) in [5.74, 6) is -1.09. The molecule has 3 aliphatic rings. The smallest absolute Gasteiger partial charge is 0.414 e. The van der Waals surface area contributed by atoms with Crippen molar-refractivity contribution in [1.29, 1.82) is 0 Å². The minimum atomic E-state index is -0.846. The fourth-order valence-corrected chi connectivity index (χ4v) is 5.38. The van der Waals surface area contributed by atoms with Crippen LogP contribution in [0.15, 0.2) is 0 Å². The molecule has 0 aromatic rings. The zero-order chi connectivity index (χ0) is 24.0. The molecule has 10 heteroatoms. The molecule has 0 spiro atoms. The highest BCUT2D eigenvalue weighted by atomic mass is 16.6. The Labute approximate surface area is 194 Å². The van der Waals surface area contributed by atoms with Crippen molar-refractivity contribution in [1.82, 2.24) is 15.3 Å². The second-order valence-electron chi connectivity index (χ2n) is 10.2. The molecule has 2 atom stereocenters. The SMILES string of the molecule is CC1(C)CCN(C(=O)[C@H](CC2CCCC2)CN(O)C=O)[C@@H]1C(=O)NC(=O)OC1CCOCC1. The van der Waals surface area contributed by atoms with Gasteiger partial charge < -0.3 is 14.4 Å². The molecule has 3 fully saturated rings. The summed E-state index contributed by atoms with van der Waals surface area (Å²) in [7, 11) is 0. The molecule has 2 N–H and O–H groups in total. The first-order chi connectivity index (χ1) is 15.7. The van der Waals surface area contributed by atoms with Crippen LogP contribution in [0.1, 0.15) is 65.2 Å². The van der Waals surface area contributed by atoms with Gasteiger partial charge in [-0.25, -0.2) is 9.86 Å². The van der Waals surface area contributed by atoms with Crippen LogP contribution in [0.3, 0.4) is 0 Å². The van der Waals surface area contributed by atoms with Gasteiger partial charge in [0.15, 0.2) is 0 Å². The highest BCUT2D eigenvalue weighted by molar-refractivity contribution is 5.98. The van der Waals surface area contributed by atoms with E-state index in [1.54, 1.807) is 0 Å². The molecule has 2 saturated heterocycles. The van der Waals surface area contributed by atoms with Crippen LogP contribution in [0.25, 0.3) is 0 Å². The maximum Gasteiger partial charge on any atom is 0.414 e. The lowest BCUT2D eigenvalue weighted by molar-refractivity contribution is -0.159. The Morgan fingerprint density at radius 2 is 1.88 bits per heavy atom. The van der Waals surface area contributed by atoms with Crippen LogP contribution in [0.5, 0.6) is 0 Å². The predicted octanol–water partition coefficient (Wildman–Crippen LogP) is 2.09. The molecule has 0 bridgehead atoms. The van der Waals surface area contributed by atoms with Gasteiger partial charge >= 0.3 is 6.09 Å². The lowest BCUT2D eigenvalue weighted by Gasteiger charge is -2.34. The average Bonchev–Trinajstić information content (AvgIpc) is 3.40. The fraction of sp³-hybridized carbons (Fsp3) is 0.826. The number of carbonyl (C=O) groups excluding carboxylic acids is 4. The minimum absolute atomic E-state index is 0.115. The molecule has 10 nitrogen and oxygen atoms in total. The van der Waals surface area contributed by atoms with Crippen LogP contribution in [-0.4, -0.2) is 77.9 Å². The van der Waals surface area contributed by atoms with E-state index in [2.05, 4.69) is 5.32 Å². The van der Waals surface area contributed by atoms with Crippen LogP contribution in [0, 0.1) is 17.3 Å². The zero-order valence-electron chi connectivity index (χ0n) is 19.7. The summed E-state index contributed by atoms with van der Waals surface area (Å²) < 4.78 is 10.6. The number of hydroxylamine groups is 2. The van der Waals surface area contributed by atoms with Crippen LogP contribution >= 0.6 is 0 Å². The lowest BCUT2D eigenvalue weighted by Crippen LogP contribution is -2.54. The van der Waals surface area contributed by atoms with Gasteiger partial charge in [-0.3, -0.25) is 24.9 Å². The first kappa shape index (κ1) is 25.4. The van der Waals surface area contributed by atoms with Gasteiger partial charge in [-0.05, 0) is 24.2 Å². The van der Waals surface area contributed by atoms with Gasteiger partial charge in [0.1, 0.15) is 12.1 Å². The topological polar surface area (TPSA) is 125 Å². The fourth-order valence-electron chi connectivity index (χ4n) is 5.38. The molecule has 33 heavy (non-hydrogen) atoms. The number of ether oxygens (including phenoxy) is 2. The second-order valence-corrected chi connectivity index (χ2v) is 10.2. The molecule has 186 valence electrons. The molecule has 0 aromatic carbocycles. The zero-order valence-corrected chi connectivity index (χ0v) is 19.7. The Balaban J connectivity index is 1.69. The maximum atomic E-state index is 13.6. The maximum absolute atomic E-state index is 13.6. The lowest BCUT2D eigenvalue weighted by atomic mass is 9.83. The Morgan fingerprint density at radius 1 is 1.21 bits per heavy atom. The number of nitrogens with zero attached hydrogens (tertiary/aromatic N) is 2. The van der Waals surface area contributed by atoms with Crippen LogP contribution in [0.2, 0.25) is 0 Å². The van der Waals surface area contributed by atoms with Gasteiger partial charge in [0.05, 0.1) is 25.7 Å². The van der Waals surface area contributed by atoms with Crippen molar-refractivity contribution in [3.05, 3.63) is 0 Å². The van der Waals surface area contributed by atoms with Crippen molar-refractivity contribution >= 4 is 24.3 Å². The van der Waals surface area contributed by atoms with Gasteiger partial charge in [-0.15, -0.1) is 0 Å². The number of hydrogen-bond acceptors (Lipinski definition) is 7. The monoisotopic (exact) mass is 467 g/mol. The highest BCUT2D eigenvalue weighted by Crippen LogP contribution is 2.38. The van der Waals surface area contributed by atoms with E-state index in [1.807, 2.05) is 13.8 Å². The Bertz CT molecular complexity index is 717. The highest BCUT2D eigenvalue weighted by Gasteiger charge is 2.49. The number of nitrogens with one attached hydrogen (secondary N) is 1. The first-order valence-corrected chi connectivity index (χ1v) is 12.0. The van der Waals surface area contributed by atoms with E-state index in [-0.39, 0.29) is 18.6 Å². The molecule has 2 aliphatic heterocycles. The van der Waals surface area contributed by atoms with Crippen molar-refractivity contribution in [2.75, 3.05) is 26.3 Å². The van der Waals surface area contributed by atoms with Gasteiger partial charge in [0.25, 0.3) is 5.91 Å². The summed E-state index contributed by atoms with van der Waals surface area (Å²) in [6.07, 6.45) is 5.75. The van der Waals surface area contributed by atoms with Crippen molar-refractivity contribution in [2.24, 2.45) is 17.3 Å². The summed E-state index contributed by atoms with van der Waals surface area (Å²) in [6, 6.07) is -0.846. The van der Waals surface area contributed by atoms with Gasteiger partial charge in [-0.2, -0.15) is 0 Å². The van der Waals surface area contributed by atoms with Crippen molar-refractivity contribution in [2.45, 2.75) is 77.4 Å². The van der Waals surface area contributed by atoms with Gasteiger partial charge in [0, 0.05) is 19.4 Å². The molecule has 4 amide bonds. The average molecular weight is 468 g/mol. The number of carbonyl (C=O) groups is 4. The number of hydrogen-bond donors (Lipinski definition) is 2. The quantitative estimate of drug-likeness (QED) is 0.318. The van der Waals surface area contributed by atoms with Crippen molar-refractivity contribution in [3.8, 4) is 0 Å². The van der Waals surface area contributed by atoms with Crippen LogP contribution < -0.4 is 5.32 Å². The summed E-state index contributed by atoms with van der Waals surface area (Å²) in [5, 5.41) is 12.6. The second kappa shape index (κ2) is 11.3. The third-order valence-corrected chi connectivity index (χ3v) is 7.22. The van der Waals surface area contributed by atoms with Crippen LogP contribution in [0.4, 0.5) is 4.79 Å². The summed E-state index contributed by atoms with van der Waals surface area (Å²) in [5.41, 5.74) is -0.541. The van der Waals surface area contributed by atoms with E-state index in [1.165, 1.54) is 4.90 Å². The molecule has 1 saturated carbocycles. The standard InChI is InChI=1S/C23H37N3O7/c1-23(2)9-10-26(19(23)20(28)24-22(30)33-18-7-11-32-12-8-18)21(29)17(14-25(31)15-27)13-16-5-3-4-6-16/h15-19,31H,3-14H2,1-2H3,(H,24,28,30)/t17-,19-/m1/s1. The van der Waals surface area contributed by atoms with Gasteiger partial charge in [0.2, 0.25) is 12.3 Å². The molecule has 1 aliphatic carbocycles. The normalized spacial score (nSPS) is 24.3. The van der Waals surface area contributed by atoms with E-state index >= 15 is 0 Å². The largest absolute Gasteiger partial charge is 0.446 e. The number of amides is 4. The van der Waals surface area contributed by atoms with E-state index in [0.29, 0.717) is 62.8 Å². The first-order valence-electron chi connectivity index (χ1n) is 12.0. The van der Waals surface area contributed by atoms with E-state index in [9.17, 15) is 24.4 Å². The summed E-state index contributed by atoms with van der Waals surface area (Å²) in [6.45, 7) is 5.06. The molecule has 0 radical (unpaired) electrons. The Hall–Kier alpha value is -2.20. The van der Waals surface area contributed by atoms with Crippen LogP contribution in [-0.2, 0) is 23.9 Å². The third kappa shape index (κ3) is 6.66. The molecule has 0 unspecified atom stereocenters. The number of alkyl carbamates (subject to hydrolysis) is 1. The van der Waals surface area contributed by atoms with E-state index in [0.717, 1.165) is 25.7 Å². The number of rotatable bonds is 8. The summed E-state index contributed by atoms with van der Waals surface area (Å²) >= 11 is 0. The molecule has 3 rings (SSSR count). The summed E-state index contributed by atoms with van der Waals surface area (Å²) in [4.78, 5) is 51.5. The molecule has 2 heterocycles. The Kier molecular flexibility index (Phi) is 8.69. The van der Waals surface area contributed by atoms with E-state index < -0.39 is 29.4 Å². The van der Waals surface area contributed by atoms with Crippen molar-refractivity contribution < 1.29 is 33.9 Å². The number of imide groups is 1. The molecule has 0 aromatic heterocycles. The van der Waals surface area contributed by atoms with Gasteiger partial charge in [-0.1, -0.05) is 39.5 Å². The number of likely N-dealkylation sites (tertiary alicyclic amines) is 1. The minimum Gasteiger partial charge on any atom is -0.446 e. The Morgan fingerprint density at radius 3 is 2.52 bits per heavy atom. The predicted molar refractivity (Wildman–Crippen MR) is 117 cm³/mol. The molecular formula is C23H37N3O7.